The molecule has 2 heteroatoms. The van der Waals surface area contributed by atoms with Crippen LogP contribution in [0.2, 0.25) is 0 Å². The van der Waals surface area contributed by atoms with Gasteiger partial charge in [-0.3, -0.25) is 0 Å². The number of aromatic nitrogens is 2. The Bertz CT molecular complexity index is 3460. The summed E-state index contributed by atoms with van der Waals surface area (Å²) in [5.41, 5.74) is 17.0. The average molecular weight is 791 g/mol. The molecule has 2 aromatic heterocycles. The summed E-state index contributed by atoms with van der Waals surface area (Å²) in [7, 11) is 0. The minimum Gasteiger partial charge on any atom is -0.310 e. The molecule has 292 valence electrons. The van der Waals surface area contributed by atoms with Gasteiger partial charge in [-0.15, -0.1) is 0 Å². The van der Waals surface area contributed by atoms with Gasteiger partial charge in [0.05, 0.1) is 16.6 Å². The van der Waals surface area contributed by atoms with Crippen LogP contribution in [0.25, 0.3) is 101 Å². The van der Waals surface area contributed by atoms with Gasteiger partial charge in [-0.25, -0.2) is 0 Å². The fourth-order valence-electron chi connectivity index (χ4n) is 9.85. The van der Waals surface area contributed by atoms with Gasteiger partial charge in [0, 0.05) is 44.0 Å². The van der Waals surface area contributed by atoms with Crippen LogP contribution in [-0.2, 0) is 0 Å². The van der Waals surface area contributed by atoms with Crippen LogP contribution < -0.4 is 10.6 Å². The third-order valence-corrected chi connectivity index (χ3v) is 12.8. The molecule has 62 heavy (non-hydrogen) atoms. The molecule has 0 aliphatic heterocycles. The Kier molecular flexibility index (Phi) is 8.67. The summed E-state index contributed by atoms with van der Waals surface area (Å²) < 4.78 is 4.95. The second-order valence-corrected chi connectivity index (χ2v) is 16.5. The zero-order valence-electron chi connectivity index (χ0n) is 34.2. The first-order chi connectivity index (χ1) is 30.7. The maximum atomic E-state index is 2.53. The lowest BCUT2D eigenvalue weighted by Gasteiger charge is -2.17. The van der Waals surface area contributed by atoms with Crippen molar-refractivity contribution >= 4 is 44.9 Å². The van der Waals surface area contributed by atoms with Gasteiger partial charge >= 0.3 is 0 Å². The summed E-state index contributed by atoms with van der Waals surface area (Å²) in [6, 6.07) is 82.0. The highest BCUT2D eigenvalue weighted by atomic mass is 15.0. The maximum Gasteiger partial charge on any atom is 0.0541 e. The van der Waals surface area contributed by atoms with E-state index in [4.69, 9.17) is 0 Å². The van der Waals surface area contributed by atoms with Crippen LogP contribution in [0.5, 0.6) is 0 Å². The molecule has 0 amide bonds. The van der Waals surface area contributed by atoms with Crippen LogP contribution in [0.15, 0.2) is 224 Å². The molecule has 2 nitrogen and oxygen atoms in total. The van der Waals surface area contributed by atoms with Crippen molar-refractivity contribution < 1.29 is 0 Å². The van der Waals surface area contributed by atoms with Crippen LogP contribution in [0.1, 0.15) is 17.9 Å². The minimum absolute atomic E-state index is 0.231. The van der Waals surface area contributed by atoms with E-state index in [0.717, 1.165) is 12.1 Å². The molecule has 0 N–H and O–H groups in total. The van der Waals surface area contributed by atoms with Gasteiger partial charge in [0.2, 0.25) is 0 Å². The van der Waals surface area contributed by atoms with Crippen molar-refractivity contribution in [1.82, 2.24) is 9.13 Å². The molecule has 0 spiro atoms. The standard InChI is InChI=1S/C60H42N2/c1-5-17-41(18-6-1)47-33-48(42-19-7-2-8-20-42)36-51(35-47)61-57-27-15-13-25-53(57)55-39-45(29-31-59(55)61)46-30-32-60-56(40-46)54-26-14-16-28-58(54)62(60)52-37-49(43-21-9-3-10-22-43)34-50(38-52)44-23-11-4-12-24-44/h1-29,31-40,46H,30H2. The van der Waals surface area contributed by atoms with Crippen LogP contribution in [-0.4, -0.2) is 9.13 Å². The highest BCUT2D eigenvalue weighted by Crippen LogP contribution is 2.38. The Labute approximate surface area is 361 Å². The van der Waals surface area contributed by atoms with E-state index in [9.17, 15) is 0 Å². The first-order valence-electron chi connectivity index (χ1n) is 21.6. The van der Waals surface area contributed by atoms with Crippen molar-refractivity contribution in [2.75, 3.05) is 0 Å². The van der Waals surface area contributed by atoms with Crippen molar-refractivity contribution in [2.24, 2.45) is 0 Å². The third-order valence-electron chi connectivity index (χ3n) is 12.8. The lowest BCUT2D eigenvalue weighted by atomic mass is 9.90. The fraction of sp³-hybridized carbons (Fsp3) is 0.0333. The quantitative estimate of drug-likeness (QED) is 0.152. The van der Waals surface area contributed by atoms with E-state index in [1.807, 2.05) is 0 Å². The predicted octanol–water partition coefficient (Wildman–Crippen LogP) is 14.1. The lowest BCUT2D eigenvalue weighted by Crippen LogP contribution is -2.31. The Morgan fingerprint density at radius 3 is 1.26 bits per heavy atom. The second-order valence-electron chi connectivity index (χ2n) is 16.5. The van der Waals surface area contributed by atoms with Gasteiger partial charge in [-0.2, -0.15) is 0 Å². The third kappa shape index (κ3) is 6.19. The number of hydrogen-bond acceptors (Lipinski definition) is 0. The topological polar surface area (TPSA) is 9.86 Å². The molecule has 0 fully saturated rings. The number of hydrogen-bond donors (Lipinski definition) is 0. The van der Waals surface area contributed by atoms with E-state index in [0.29, 0.717) is 0 Å². The van der Waals surface area contributed by atoms with Gasteiger partial charge in [0.15, 0.2) is 0 Å². The zero-order valence-corrected chi connectivity index (χ0v) is 34.2. The smallest absolute Gasteiger partial charge is 0.0541 e. The first kappa shape index (κ1) is 36.0. The van der Waals surface area contributed by atoms with E-state index in [1.165, 1.54) is 99.0 Å². The summed E-state index contributed by atoms with van der Waals surface area (Å²) >= 11 is 0. The summed E-state index contributed by atoms with van der Waals surface area (Å²) in [6.07, 6.45) is 5.92. The van der Waals surface area contributed by atoms with Crippen molar-refractivity contribution in [1.29, 1.82) is 0 Å². The van der Waals surface area contributed by atoms with E-state index in [2.05, 4.69) is 246 Å². The summed E-state index contributed by atoms with van der Waals surface area (Å²) in [5.74, 6) is 0.231. The van der Waals surface area contributed by atoms with Gasteiger partial charge in [0.1, 0.15) is 0 Å². The highest BCUT2D eigenvalue weighted by molar-refractivity contribution is 6.09. The van der Waals surface area contributed by atoms with Crippen LogP contribution in [0.4, 0.5) is 0 Å². The molecule has 0 bridgehead atoms. The van der Waals surface area contributed by atoms with Gasteiger partial charge in [-0.05, 0) is 117 Å². The average Bonchev–Trinajstić information content (AvgIpc) is 3.87. The maximum absolute atomic E-state index is 2.53. The molecule has 1 atom stereocenters. The Morgan fingerprint density at radius 2 is 0.742 bits per heavy atom. The normalized spacial score (nSPS) is 13.5. The minimum atomic E-state index is 0.231. The van der Waals surface area contributed by atoms with Crippen LogP contribution in [0, 0.1) is 0 Å². The molecule has 2 heterocycles. The second kappa shape index (κ2) is 15.0. The van der Waals surface area contributed by atoms with E-state index in [-0.39, 0.29) is 5.92 Å². The monoisotopic (exact) mass is 790 g/mol. The number of rotatable bonds is 7. The zero-order chi connectivity index (χ0) is 41.0. The largest absolute Gasteiger partial charge is 0.310 e. The lowest BCUT2D eigenvalue weighted by molar-refractivity contribution is 0.909. The van der Waals surface area contributed by atoms with Crippen molar-refractivity contribution in [3.8, 4) is 55.9 Å². The molecule has 1 aliphatic rings. The first-order valence-corrected chi connectivity index (χ1v) is 21.6. The molecule has 12 rings (SSSR count). The Balaban J connectivity index is 1.01. The number of para-hydroxylation sites is 2. The van der Waals surface area contributed by atoms with Crippen molar-refractivity contribution in [2.45, 2.75) is 12.3 Å². The van der Waals surface area contributed by atoms with Crippen LogP contribution >= 0.6 is 0 Å². The van der Waals surface area contributed by atoms with Crippen LogP contribution in [0.3, 0.4) is 0 Å². The molecule has 1 unspecified atom stereocenters. The molecule has 1 aliphatic carbocycles. The SMILES string of the molecule is C1=c2c(n(-c3cc(-c4ccccc4)cc(-c4ccccc4)c3)c3ccccc23)=CCC1c1ccc2c(c1)c1ccccc1n2-c1cc(-c2ccccc2)cc(-c2ccccc2)c1. The number of nitrogens with zero attached hydrogens (tertiary/aromatic N) is 2. The predicted molar refractivity (Wildman–Crippen MR) is 261 cm³/mol. The summed E-state index contributed by atoms with van der Waals surface area (Å²) in [5, 5.41) is 6.38. The molecular weight excluding hydrogens is 749 g/mol. The molecule has 9 aromatic carbocycles. The van der Waals surface area contributed by atoms with E-state index >= 15 is 0 Å². The van der Waals surface area contributed by atoms with E-state index in [1.54, 1.807) is 0 Å². The number of fused-ring (bicyclic) bond motifs is 6. The fourth-order valence-corrected chi connectivity index (χ4v) is 9.85. The van der Waals surface area contributed by atoms with Gasteiger partial charge in [-0.1, -0.05) is 176 Å². The summed E-state index contributed by atoms with van der Waals surface area (Å²) in [4.78, 5) is 0. The molecule has 0 radical (unpaired) electrons. The molecule has 0 saturated heterocycles. The van der Waals surface area contributed by atoms with Gasteiger partial charge in [0.25, 0.3) is 0 Å². The molecule has 11 aromatic rings. The van der Waals surface area contributed by atoms with Crippen molar-refractivity contribution in [3.05, 3.63) is 241 Å². The Hall–Kier alpha value is -7.94. The Morgan fingerprint density at radius 1 is 0.323 bits per heavy atom. The molecular formula is C60H42N2. The van der Waals surface area contributed by atoms with E-state index < -0.39 is 0 Å². The van der Waals surface area contributed by atoms with Crippen molar-refractivity contribution in [3.63, 3.8) is 0 Å². The summed E-state index contributed by atoms with van der Waals surface area (Å²) in [6.45, 7) is 0. The van der Waals surface area contributed by atoms with Gasteiger partial charge < -0.3 is 9.13 Å². The number of benzene rings is 9. The highest BCUT2D eigenvalue weighted by Gasteiger charge is 2.21. The molecule has 0 saturated carbocycles.